The molecule has 30 heavy (non-hydrogen) atoms. The highest BCUT2D eigenvalue weighted by Gasteiger charge is 2.30. The van der Waals surface area contributed by atoms with Crippen LogP contribution in [0, 0.1) is 6.92 Å². The summed E-state index contributed by atoms with van der Waals surface area (Å²) in [5.41, 5.74) is 2.71. The highest BCUT2D eigenvalue weighted by Crippen LogP contribution is 2.36. The number of carboxylic acids is 1. The fourth-order valence-corrected chi connectivity index (χ4v) is 2.93. The number of pyridine rings is 1. The maximum atomic E-state index is 12.8. The third-order valence-electron chi connectivity index (χ3n) is 4.35. The first kappa shape index (κ1) is 22.9. The van der Waals surface area contributed by atoms with Crippen molar-refractivity contribution in [3.8, 4) is 28.1 Å². The van der Waals surface area contributed by atoms with Crippen LogP contribution in [0.2, 0.25) is 0 Å². The van der Waals surface area contributed by atoms with E-state index >= 15 is 0 Å². The van der Waals surface area contributed by atoms with Crippen LogP contribution in [0.25, 0.3) is 22.3 Å². The molecule has 0 saturated heterocycles. The summed E-state index contributed by atoms with van der Waals surface area (Å²) >= 11 is 0. The van der Waals surface area contributed by atoms with Gasteiger partial charge in [-0.2, -0.15) is 13.2 Å². The average molecular weight is 417 g/mol. The molecule has 158 valence electrons. The number of alkyl halides is 3. The van der Waals surface area contributed by atoms with E-state index in [0.29, 0.717) is 16.7 Å². The SMILES string of the molecule is CC.COc1ncc(-c2ccc(C(=O)O)cc2C)cc1-c1ccc(C(F)(F)F)cc1. The summed E-state index contributed by atoms with van der Waals surface area (Å²) in [6.45, 7) is 5.78. The summed E-state index contributed by atoms with van der Waals surface area (Å²) < 4.78 is 43.7. The van der Waals surface area contributed by atoms with Crippen LogP contribution >= 0.6 is 0 Å². The molecule has 0 saturated carbocycles. The first-order valence-electron chi connectivity index (χ1n) is 9.26. The van der Waals surface area contributed by atoms with Gasteiger partial charge < -0.3 is 9.84 Å². The number of benzene rings is 2. The Morgan fingerprint density at radius 3 is 2.10 bits per heavy atom. The molecule has 0 amide bonds. The van der Waals surface area contributed by atoms with Crippen molar-refractivity contribution < 1.29 is 27.8 Å². The Morgan fingerprint density at radius 2 is 1.60 bits per heavy atom. The van der Waals surface area contributed by atoms with E-state index in [0.717, 1.165) is 23.3 Å². The third kappa shape index (κ3) is 4.97. The molecule has 7 heteroatoms. The van der Waals surface area contributed by atoms with Gasteiger partial charge in [-0.15, -0.1) is 0 Å². The maximum Gasteiger partial charge on any atom is 0.416 e. The summed E-state index contributed by atoms with van der Waals surface area (Å²) in [7, 11) is 1.43. The van der Waals surface area contributed by atoms with Crippen LogP contribution in [0.1, 0.15) is 35.3 Å². The molecule has 0 aliphatic carbocycles. The van der Waals surface area contributed by atoms with Crippen LogP contribution in [0.5, 0.6) is 5.88 Å². The molecule has 0 bridgehead atoms. The zero-order valence-electron chi connectivity index (χ0n) is 17.0. The molecule has 0 radical (unpaired) electrons. The molecule has 0 spiro atoms. The lowest BCUT2D eigenvalue weighted by molar-refractivity contribution is -0.137. The van der Waals surface area contributed by atoms with E-state index in [-0.39, 0.29) is 11.4 Å². The van der Waals surface area contributed by atoms with Gasteiger partial charge in [-0.3, -0.25) is 0 Å². The minimum atomic E-state index is -4.41. The van der Waals surface area contributed by atoms with Gasteiger partial charge >= 0.3 is 12.1 Å². The van der Waals surface area contributed by atoms with Gasteiger partial charge in [-0.25, -0.2) is 9.78 Å². The number of hydrogen-bond donors (Lipinski definition) is 1. The van der Waals surface area contributed by atoms with E-state index in [2.05, 4.69) is 4.98 Å². The summed E-state index contributed by atoms with van der Waals surface area (Å²) in [6, 6.07) is 11.2. The summed E-state index contributed by atoms with van der Waals surface area (Å²) in [4.78, 5) is 15.4. The number of carboxylic acid groups (broad SMARTS) is 1. The van der Waals surface area contributed by atoms with Crippen molar-refractivity contribution in [2.45, 2.75) is 26.9 Å². The van der Waals surface area contributed by atoms with Gasteiger partial charge in [-0.1, -0.05) is 32.0 Å². The van der Waals surface area contributed by atoms with Crippen molar-refractivity contribution in [2.24, 2.45) is 0 Å². The Kier molecular flexibility index (Phi) is 7.21. The van der Waals surface area contributed by atoms with Crippen molar-refractivity contribution in [2.75, 3.05) is 7.11 Å². The monoisotopic (exact) mass is 417 g/mol. The molecule has 1 N–H and O–H groups in total. The number of aryl methyl sites for hydroxylation is 1. The molecule has 1 aromatic heterocycles. The molecule has 0 aliphatic rings. The molecule has 0 atom stereocenters. The Hall–Kier alpha value is -3.35. The fourth-order valence-electron chi connectivity index (χ4n) is 2.93. The van der Waals surface area contributed by atoms with E-state index in [4.69, 9.17) is 9.84 Å². The average Bonchev–Trinajstić information content (AvgIpc) is 2.74. The minimum Gasteiger partial charge on any atom is -0.481 e. The molecule has 2 aromatic carbocycles. The number of carbonyl (C=O) groups is 1. The van der Waals surface area contributed by atoms with Gasteiger partial charge in [0.25, 0.3) is 0 Å². The second-order valence-electron chi connectivity index (χ2n) is 6.19. The molecule has 0 unspecified atom stereocenters. The van der Waals surface area contributed by atoms with Crippen molar-refractivity contribution >= 4 is 5.97 Å². The normalized spacial score (nSPS) is 10.8. The number of hydrogen-bond acceptors (Lipinski definition) is 3. The Bertz CT molecular complexity index is 1030. The van der Waals surface area contributed by atoms with E-state index in [1.54, 1.807) is 31.3 Å². The van der Waals surface area contributed by atoms with Crippen molar-refractivity contribution in [1.29, 1.82) is 0 Å². The molecule has 3 rings (SSSR count). The summed E-state index contributed by atoms with van der Waals surface area (Å²) in [5, 5.41) is 9.10. The number of aromatic nitrogens is 1. The van der Waals surface area contributed by atoms with E-state index < -0.39 is 17.7 Å². The number of nitrogens with zero attached hydrogens (tertiary/aromatic N) is 1. The smallest absolute Gasteiger partial charge is 0.416 e. The number of rotatable bonds is 4. The predicted molar refractivity (Wildman–Crippen MR) is 110 cm³/mol. The van der Waals surface area contributed by atoms with Gasteiger partial charge in [0.1, 0.15) is 0 Å². The quantitative estimate of drug-likeness (QED) is 0.528. The Balaban J connectivity index is 0.00000155. The van der Waals surface area contributed by atoms with Gasteiger partial charge in [0, 0.05) is 17.3 Å². The fraction of sp³-hybridized carbons (Fsp3) is 0.217. The molecule has 0 fully saturated rings. The zero-order valence-corrected chi connectivity index (χ0v) is 17.0. The van der Waals surface area contributed by atoms with Crippen molar-refractivity contribution in [1.82, 2.24) is 4.98 Å². The van der Waals surface area contributed by atoms with Crippen molar-refractivity contribution in [3.05, 3.63) is 71.4 Å². The van der Waals surface area contributed by atoms with Crippen LogP contribution < -0.4 is 4.74 Å². The topological polar surface area (TPSA) is 59.4 Å². The van der Waals surface area contributed by atoms with Crippen molar-refractivity contribution in [3.63, 3.8) is 0 Å². The first-order chi connectivity index (χ1) is 14.2. The summed E-state index contributed by atoms with van der Waals surface area (Å²) in [5.74, 6) is -0.740. The Labute approximate surface area is 173 Å². The molecule has 0 aliphatic heterocycles. The number of aromatic carboxylic acids is 1. The molecule has 3 aromatic rings. The zero-order chi connectivity index (χ0) is 22.5. The maximum absolute atomic E-state index is 12.8. The lowest BCUT2D eigenvalue weighted by atomic mass is 9.96. The minimum absolute atomic E-state index is 0.172. The summed E-state index contributed by atoms with van der Waals surface area (Å²) in [6.07, 6.45) is -2.83. The van der Waals surface area contributed by atoms with Crippen LogP contribution in [0.15, 0.2) is 54.7 Å². The Morgan fingerprint density at radius 1 is 0.967 bits per heavy atom. The highest BCUT2D eigenvalue weighted by atomic mass is 19.4. The van der Waals surface area contributed by atoms with E-state index in [1.807, 2.05) is 13.8 Å². The molecular formula is C23H22F3NO3. The highest BCUT2D eigenvalue weighted by molar-refractivity contribution is 5.89. The standard InChI is InChI=1S/C21H16F3NO3.C2H6/c1-12-9-14(20(26)27)5-8-17(12)15-10-18(19(28-2)25-11-15)13-3-6-16(7-4-13)21(22,23)24;1-2/h3-11H,1-2H3,(H,26,27);1-2H3. The van der Waals surface area contributed by atoms with Crippen LogP contribution in [0.3, 0.4) is 0 Å². The van der Waals surface area contributed by atoms with Gasteiger partial charge in [-0.05, 0) is 53.9 Å². The van der Waals surface area contributed by atoms with Crippen LogP contribution in [0.4, 0.5) is 13.2 Å². The molecular weight excluding hydrogens is 395 g/mol. The first-order valence-corrected chi connectivity index (χ1v) is 9.26. The van der Waals surface area contributed by atoms with Gasteiger partial charge in [0.2, 0.25) is 5.88 Å². The largest absolute Gasteiger partial charge is 0.481 e. The predicted octanol–water partition coefficient (Wildman–Crippen LogP) is 6.48. The lowest BCUT2D eigenvalue weighted by Crippen LogP contribution is -2.04. The lowest BCUT2D eigenvalue weighted by Gasteiger charge is -2.13. The van der Waals surface area contributed by atoms with E-state index in [1.165, 1.54) is 25.3 Å². The van der Waals surface area contributed by atoms with Gasteiger partial charge in [0.05, 0.1) is 18.2 Å². The number of methoxy groups -OCH3 is 1. The number of halogens is 3. The van der Waals surface area contributed by atoms with Crippen LogP contribution in [-0.2, 0) is 6.18 Å². The molecule has 4 nitrogen and oxygen atoms in total. The molecule has 1 heterocycles. The second kappa shape index (κ2) is 9.43. The third-order valence-corrected chi connectivity index (χ3v) is 4.35. The number of ether oxygens (including phenoxy) is 1. The second-order valence-corrected chi connectivity index (χ2v) is 6.19. The van der Waals surface area contributed by atoms with Crippen LogP contribution in [-0.4, -0.2) is 23.2 Å². The van der Waals surface area contributed by atoms with E-state index in [9.17, 15) is 18.0 Å². The van der Waals surface area contributed by atoms with Gasteiger partial charge in [0.15, 0.2) is 0 Å².